The van der Waals surface area contributed by atoms with Gasteiger partial charge in [0.1, 0.15) is 16.1 Å². The zero-order valence-electron chi connectivity index (χ0n) is 20.2. The summed E-state index contributed by atoms with van der Waals surface area (Å²) < 4.78 is 81.1. The number of rotatable bonds is 8. The van der Waals surface area contributed by atoms with E-state index in [-0.39, 0.29) is 37.7 Å². The molecule has 1 unspecified atom stereocenters. The van der Waals surface area contributed by atoms with Crippen LogP contribution in [0.15, 0.2) is 29.2 Å². The van der Waals surface area contributed by atoms with Crippen LogP contribution in [0.3, 0.4) is 0 Å². The van der Waals surface area contributed by atoms with Gasteiger partial charge in [0, 0.05) is 5.56 Å². The molecule has 1 heterocycles. The molecule has 14 heteroatoms. The van der Waals surface area contributed by atoms with E-state index >= 15 is 0 Å². The molecule has 0 bridgehead atoms. The molecule has 1 atom stereocenters. The van der Waals surface area contributed by atoms with E-state index < -0.39 is 55.9 Å². The monoisotopic (exact) mass is 544 g/mol. The van der Waals surface area contributed by atoms with Crippen LogP contribution in [0.5, 0.6) is 0 Å². The smallest absolute Gasteiger partial charge is 0.410 e. The number of benzene rings is 1. The van der Waals surface area contributed by atoms with Crippen molar-refractivity contribution >= 4 is 28.2 Å². The summed E-state index contributed by atoms with van der Waals surface area (Å²) in [5.41, 5.74) is -2.55. The molecule has 0 radical (unpaired) electrons. The van der Waals surface area contributed by atoms with Gasteiger partial charge in [-0.1, -0.05) is 19.4 Å². The van der Waals surface area contributed by atoms with Crippen molar-refractivity contribution in [2.24, 2.45) is 5.92 Å². The maximum absolute atomic E-state index is 13.0. The number of hydrogen-bond donors (Lipinski definition) is 1. The Bertz CT molecular complexity index is 1030. The SMILES string of the molecule is COC(=O)C(NC(=O)c1ccc(S(F)(F)(F)(F)F)cc1)C1(OCC2CC2)CN(C(=O)OC(C)(C)C)C1. The summed E-state index contributed by atoms with van der Waals surface area (Å²) in [5, 5.41) is 2.38. The average molecular weight is 545 g/mol. The largest absolute Gasteiger partial charge is 0.467 e. The van der Waals surface area contributed by atoms with Gasteiger partial charge in [0.05, 0.1) is 26.8 Å². The molecule has 1 saturated heterocycles. The van der Waals surface area contributed by atoms with Crippen molar-refractivity contribution in [3.05, 3.63) is 29.8 Å². The van der Waals surface area contributed by atoms with E-state index in [1.54, 1.807) is 20.8 Å². The molecule has 0 spiro atoms. The van der Waals surface area contributed by atoms with E-state index in [0.29, 0.717) is 12.1 Å². The summed E-state index contributed by atoms with van der Waals surface area (Å²) in [6, 6.07) is -0.0551. The van der Waals surface area contributed by atoms with Crippen LogP contribution in [-0.4, -0.2) is 66.9 Å². The number of nitrogens with zero attached hydrogens (tertiary/aromatic N) is 1. The van der Waals surface area contributed by atoms with Crippen molar-refractivity contribution in [1.29, 1.82) is 0 Å². The van der Waals surface area contributed by atoms with Crippen molar-refractivity contribution in [1.82, 2.24) is 10.2 Å². The van der Waals surface area contributed by atoms with Gasteiger partial charge in [0.15, 0.2) is 6.04 Å². The van der Waals surface area contributed by atoms with Gasteiger partial charge in [-0.2, -0.15) is 0 Å². The van der Waals surface area contributed by atoms with E-state index in [2.05, 4.69) is 5.32 Å². The fraction of sp³-hybridized carbons (Fsp3) is 0.591. The Balaban J connectivity index is 1.81. The average Bonchev–Trinajstić information content (AvgIpc) is 3.52. The molecule has 0 aromatic heterocycles. The van der Waals surface area contributed by atoms with Crippen molar-refractivity contribution in [2.75, 3.05) is 26.8 Å². The van der Waals surface area contributed by atoms with Crippen molar-refractivity contribution in [2.45, 2.75) is 55.8 Å². The van der Waals surface area contributed by atoms with Crippen LogP contribution in [-0.2, 0) is 19.0 Å². The minimum Gasteiger partial charge on any atom is -0.467 e. The van der Waals surface area contributed by atoms with Crippen LogP contribution >= 0.6 is 10.2 Å². The second kappa shape index (κ2) is 8.47. The quantitative estimate of drug-likeness (QED) is 0.365. The molecule has 2 amide bonds. The Labute approximate surface area is 205 Å². The molecule has 8 nitrogen and oxygen atoms in total. The predicted molar refractivity (Wildman–Crippen MR) is 120 cm³/mol. The third-order valence-electron chi connectivity index (χ3n) is 5.67. The minimum atomic E-state index is -9.91. The maximum atomic E-state index is 13.0. The molecule has 36 heavy (non-hydrogen) atoms. The van der Waals surface area contributed by atoms with Crippen LogP contribution < -0.4 is 5.32 Å². The molecule has 2 fully saturated rings. The van der Waals surface area contributed by atoms with Crippen molar-refractivity contribution in [3.8, 4) is 0 Å². The number of carbonyl (C=O) groups excluding carboxylic acids is 3. The van der Waals surface area contributed by atoms with E-state index in [9.17, 15) is 33.8 Å². The first-order valence-corrected chi connectivity index (χ1v) is 13.0. The molecule has 1 saturated carbocycles. The molecule has 1 aliphatic carbocycles. The Morgan fingerprint density at radius 2 is 1.64 bits per heavy atom. The second-order valence-corrected chi connectivity index (χ2v) is 12.5. The number of nitrogens with one attached hydrogen (secondary N) is 1. The summed E-state index contributed by atoms with van der Waals surface area (Å²) in [5.74, 6) is -1.67. The van der Waals surface area contributed by atoms with Gasteiger partial charge in [0.2, 0.25) is 0 Å². The number of hydrogen-bond acceptors (Lipinski definition) is 6. The number of ether oxygens (including phenoxy) is 3. The van der Waals surface area contributed by atoms with Crippen molar-refractivity contribution in [3.63, 3.8) is 0 Å². The van der Waals surface area contributed by atoms with Crippen LogP contribution in [0.25, 0.3) is 0 Å². The highest BCUT2D eigenvalue weighted by atomic mass is 32.5. The number of methoxy groups -OCH3 is 1. The first-order chi connectivity index (χ1) is 16.2. The summed E-state index contributed by atoms with van der Waals surface area (Å²) >= 11 is 0. The van der Waals surface area contributed by atoms with Crippen molar-refractivity contribution < 1.29 is 48.0 Å². The summed E-state index contributed by atoms with van der Waals surface area (Å²) in [6.45, 7) is 5.04. The minimum absolute atomic E-state index is 0.108. The Kier molecular flexibility index (Phi) is 6.58. The number of halogens is 5. The van der Waals surface area contributed by atoms with Gasteiger partial charge in [-0.15, -0.1) is 0 Å². The lowest BCUT2D eigenvalue weighted by Gasteiger charge is -2.52. The van der Waals surface area contributed by atoms with E-state index in [1.807, 2.05) is 0 Å². The highest BCUT2D eigenvalue weighted by Gasteiger charge is 2.65. The topological polar surface area (TPSA) is 94.2 Å². The molecule has 1 aromatic carbocycles. The number of likely N-dealkylation sites (tertiary alicyclic amines) is 1. The first kappa shape index (κ1) is 28.0. The van der Waals surface area contributed by atoms with Gasteiger partial charge < -0.3 is 24.4 Å². The van der Waals surface area contributed by atoms with Gasteiger partial charge in [-0.05, 0) is 63.8 Å². The van der Waals surface area contributed by atoms with Crippen LogP contribution in [0.1, 0.15) is 44.0 Å². The zero-order chi connectivity index (χ0) is 27.2. The predicted octanol–water partition coefficient (Wildman–Crippen LogP) is 5.03. The molecular formula is C22H29F5N2O6S. The molecular weight excluding hydrogens is 515 g/mol. The molecule has 204 valence electrons. The second-order valence-electron chi connectivity index (χ2n) is 10.1. The van der Waals surface area contributed by atoms with Crippen LogP contribution in [0.2, 0.25) is 0 Å². The number of carbonyl (C=O) groups is 3. The third-order valence-corrected chi connectivity index (χ3v) is 6.84. The first-order valence-electron chi connectivity index (χ1n) is 11.1. The van der Waals surface area contributed by atoms with Gasteiger partial charge in [-0.25, -0.2) is 9.59 Å². The fourth-order valence-electron chi connectivity index (χ4n) is 3.58. The van der Waals surface area contributed by atoms with E-state index in [1.165, 1.54) is 4.90 Å². The number of esters is 1. The van der Waals surface area contributed by atoms with Crippen LogP contribution in [0, 0.1) is 5.92 Å². The van der Waals surface area contributed by atoms with Gasteiger partial charge in [-0.3, -0.25) is 4.79 Å². The molecule has 1 aliphatic heterocycles. The summed E-state index contributed by atoms with van der Waals surface area (Å²) in [6.07, 6.45) is 1.17. The maximum Gasteiger partial charge on any atom is 0.410 e. The highest BCUT2D eigenvalue weighted by molar-refractivity contribution is 8.45. The lowest BCUT2D eigenvalue weighted by Crippen LogP contribution is -2.75. The van der Waals surface area contributed by atoms with Gasteiger partial charge in [0.25, 0.3) is 5.91 Å². The third kappa shape index (κ3) is 6.78. The lowest BCUT2D eigenvalue weighted by molar-refractivity contribution is -0.180. The molecule has 1 aromatic rings. The Hall–Kier alpha value is -2.61. The van der Waals surface area contributed by atoms with Crippen LogP contribution in [0.4, 0.5) is 24.2 Å². The molecule has 1 N–H and O–H groups in total. The fourth-order valence-corrected chi connectivity index (χ4v) is 4.23. The Morgan fingerprint density at radius 3 is 2.08 bits per heavy atom. The molecule has 3 rings (SSSR count). The lowest BCUT2D eigenvalue weighted by atomic mass is 9.85. The normalized spacial score (nSPS) is 20.3. The number of amides is 2. The standard InChI is InChI=1S/C22H29F5N2O6S/c1-21(2,3)35-20(32)29-12-22(13-29,34-11-14-5-6-14)17(19(31)33-4)28-18(30)15-7-9-16(10-8-15)36(23,24,25,26)27/h7-10,14,17H,5-6,11-13H2,1-4H3,(H,28,30). The molecule has 2 aliphatic rings. The summed E-state index contributed by atoms with van der Waals surface area (Å²) in [7, 11) is -8.84. The zero-order valence-corrected chi connectivity index (χ0v) is 21.0. The van der Waals surface area contributed by atoms with Gasteiger partial charge >= 0.3 is 22.3 Å². The summed E-state index contributed by atoms with van der Waals surface area (Å²) in [4.78, 5) is 37.0. The van der Waals surface area contributed by atoms with E-state index in [0.717, 1.165) is 20.0 Å². The Morgan fingerprint density at radius 1 is 1.08 bits per heavy atom. The van der Waals surface area contributed by atoms with E-state index in [4.69, 9.17) is 14.2 Å². The highest BCUT2D eigenvalue weighted by Crippen LogP contribution is 3.02.